The Kier molecular flexibility index (Phi) is 6.65. The van der Waals surface area contributed by atoms with Crippen LogP contribution in [0.25, 0.3) is 11.0 Å². The third-order valence-electron chi connectivity index (χ3n) is 5.27. The summed E-state index contributed by atoms with van der Waals surface area (Å²) in [6.45, 7) is 3.64. The fraction of sp³-hybridized carbons (Fsp3) is 0.115. The predicted molar refractivity (Wildman–Crippen MR) is 132 cm³/mol. The zero-order chi connectivity index (χ0) is 24.2. The van der Waals surface area contributed by atoms with Crippen LogP contribution in [-0.4, -0.2) is 27.6 Å². The summed E-state index contributed by atoms with van der Waals surface area (Å²) in [5.74, 6) is -2.07. The number of aromatic nitrogens is 2. The van der Waals surface area contributed by atoms with E-state index in [1.165, 1.54) is 0 Å². The summed E-state index contributed by atoms with van der Waals surface area (Å²) in [6.07, 6.45) is -0.382. The van der Waals surface area contributed by atoms with E-state index < -0.39 is 17.6 Å². The van der Waals surface area contributed by atoms with E-state index in [0.717, 1.165) is 11.1 Å². The number of aryl methyl sites for hydroxylation is 2. The van der Waals surface area contributed by atoms with E-state index in [0.29, 0.717) is 27.4 Å². The quantitative estimate of drug-likeness (QED) is 0.388. The van der Waals surface area contributed by atoms with Crippen molar-refractivity contribution in [1.29, 1.82) is 0 Å². The lowest BCUT2D eigenvalue weighted by molar-refractivity contribution is -0.134. The number of amides is 2. The molecule has 4 rings (SSSR count). The van der Waals surface area contributed by atoms with Crippen molar-refractivity contribution >= 4 is 51.6 Å². The van der Waals surface area contributed by atoms with Gasteiger partial charge in [0.05, 0.1) is 23.1 Å². The number of nitrogens with zero attached hydrogens (tertiary/aromatic N) is 2. The average Bonchev–Trinajstić information content (AvgIpc) is 2.81. The summed E-state index contributed by atoms with van der Waals surface area (Å²) in [5, 5.41) is 5.94. The van der Waals surface area contributed by atoms with Crippen LogP contribution in [0.3, 0.4) is 0 Å². The Morgan fingerprint density at radius 2 is 1.44 bits per heavy atom. The summed E-state index contributed by atoms with van der Waals surface area (Å²) in [4.78, 5) is 47.4. The van der Waals surface area contributed by atoms with E-state index in [-0.39, 0.29) is 17.8 Å². The molecule has 1 aromatic heterocycles. The first-order chi connectivity index (χ1) is 16.3. The molecule has 4 aromatic rings. The minimum Gasteiger partial charge on any atom is -0.320 e. The van der Waals surface area contributed by atoms with Crippen molar-refractivity contribution < 1.29 is 14.4 Å². The van der Waals surface area contributed by atoms with Gasteiger partial charge >= 0.3 is 0 Å². The van der Waals surface area contributed by atoms with Crippen LogP contribution in [0, 0.1) is 13.8 Å². The molecule has 34 heavy (non-hydrogen) atoms. The molecular weight excluding hydrogens is 452 g/mol. The molecule has 3 aromatic carbocycles. The number of anilines is 2. The largest absolute Gasteiger partial charge is 0.320 e. The Labute approximate surface area is 201 Å². The number of rotatable bonds is 6. The molecule has 0 saturated carbocycles. The molecule has 7 nitrogen and oxygen atoms in total. The predicted octanol–water partition coefficient (Wildman–Crippen LogP) is 4.90. The molecule has 0 aliphatic heterocycles. The third kappa shape index (κ3) is 5.10. The highest BCUT2D eigenvalue weighted by atomic mass is 35.5. The van der Waals surface area contributed by atoms with Crippen molar-refractivity contribution in [2.24, 2.45) is 0 Å². The van der Waals surface area contributed by atoms with E-state index >= 15 is 0 Å². The van der Waals surface area contributed by atoms with Crippen molar-refractivity contribution in [3.63, 3.8) is 0 Å². The molecule has 0 saturated heterocycles. The SMILES string of the molecule is Cc1cc(Cl)ccc1NC(=O)C(=O)Cc1nc2ccccc2nc1C(=O)Nc1ccccc1C. The van der Waals surface area contributed by atoms with Crippen molar-refractivity contribution in [2.45, 2.75) is 20.3 Å². The number of ketones is 1. The zero-order valence-electron chi connectivity index (χ0n) is 18.6. The van der Waals surface area contributed by atoms with E-state index in [2.05, 4.69) is 20.6 Å². The second-order valence-corrected chi connectivity index (χ2v) is 8.23. The molecular formula is C26H21ClN4O3. The van der Waals surface area contributed by atoms with Crippen LogP contribution in [0.5, 0.6) is 0 Å². The van der Waals surface area contributed by atoms with Crippen molar-refractivity contribution in [3.8, 4) is 0 Å². The second-order valence-electron chi connectivity index (χ2n) is 7.79. The Morgan fingerprint density at radius 3 is 2.15 bits per heavy atom. The number of para-hydroxylation sites is 3. The van der Waals surface area contributed by atoms with E-state index in [1.54, 1.807) is 55.5 Å². The maximum absolute atomic E-state index is 13.1. The first kappa shape index (κ1) is 23.1. The number of carbonyl (C=O) groups is 3. The van der Waals surface area contributed by atoms with Gasteiger partial charge in [-0.2, -0.15) is 0 Å². The molecule has 170 valence electrons. The van der Waals surface area contributed by atoms with Gasteiger partial charge in [-0.25, -0.2) is 9.97 Å². The van der Waals surface area contributed by atoms with Gasteiger partial charge in [-0.1, -0.05) is 41.9 Å². The van der Waals surface area contributed by atoms with E-state index in [9.17, 15) is 14.4 Å². The number of fused-ring (bicyclic) bond motifs is 1. The van der Waals surface area contributed by atoms with Crippen LogP contribution >= 0.6 is 11.6 Å². The fourth-order valence-electron chi connectivity index (χ4n) is 3.43. The summed E-state index contributed by atoms with van der Waals surface area (Å²) < 4.78 is 0. The minimum absolute atomic E-state index is 0.00854. The minimum atomic E-state index is -0.814. The van der Waals surface area contributed by atoms with Gasteiger partial charge < -0.3 is 10.6 Å². The zero-order valence-corrected chi connectivity index (χ0v) is 19.3. The van der Waals surface area contributed by atoms with Gasteiger partial charge in [0, 0.05) is 16.4 Å². The van der Waals surface area contributed by atoms with E-state index in [1.807, 2.05) is 25.1 Å². The smallest absolute Gasteiger partial charge is 0.292 e. The molecule has 0 aliphatic rings. The lowest BCUT2D eigenvalue weighted by Gasteiger charge is -2.12. The number of benzene rings is 3. The third-order valence-corrected chi connectivity index (χ3v) is 5.50. The Balaban J connectivity index is 1.62. The van der Waals surface area contributed by atoms with Gasteiger partial charge in [0.15, 0.2) is 5.69 Å². The standard InChI is InChI=1S/C26H21ClN4O3/c1-15-7-3-4-8-18(15)31-26(34)24-22(28-20-9-5-6-10-21(20)29-24)14-23(32)25(33)30-19-12-11-17(27)13-16(19)2/h3-13H,14H2,1-2H3,(H,30,33)(H,31,34). The fourth-order valence-corrected chi connectivity index (χ4v) is 3.65. The highest BCUT2D eigenvalue weighted by Gasteiger charge is 2.23. The molecule has 0 atom stereocenters. The lowest BCUT2D eigenvalue weighted by Crippen LogP contribution is -2.27. The number of hydrogen-bond acceptors (Lipinski definition) is 5. The number of Topliss-reactive ketones (excluding diaryl/α,β-unsaturated/α-hetero) is 1. The molecule has 0 radical (unpaired) electrons. The van der Waals surface area contributed by atoms with Crippen LogP contribution in [-0.2, 0) is 16.0 Å². The van der Waals surface area contributed by atoms with Gasteiger partial charge in [-0.05, 0) is 61.4 Å². The number of nitrogens with one attached hydrogen (secondary N) is 2. The maximum Gasteiger partial charge on any atom is 0.292 e. The van der Waals surface area contributed by atoms with Gasteiger partial charge in [0.25, 0.3) is 11.8 Å². The molecule has 0 fully saturated rings. The highest BCUT2D eigenvalue weighted by molar-refractivity contribution is 6.41. The van der Waals surface area contributed by atoms with Crippen molar-refractivity contribution in [3.05, 3.63) is 94.3 Å². The number of halogens is 1. The van der Waals surface area contributed by atoms with Crippen LogP contribution in [0.2, 0.25) is 5.02 Å². The first-order valence-corrected chi connectivity index (χ1v) is 10.9. The van der Waals surface area contributed by atoms with Gasteiger partial charge in [0.1, 0.15) is 0 Å². The average molecular weight is 473 g/mol. The number of carbonyl (C=O) groups excluding carboxylic acids is 3. The molecule has 8 heteroatoms. The van der Waals surface area contributed by atoms with Crippen LogP contribution in [0.4, 0.5) is 11.4 Å². The Morgan fingerprint density at radius 1 is 0.794 bits per heavy atom. The normalized spacial score (nSPS) is 10.7. The molecule has 0 unspecified atom stereocenters. The molecule has 1 heterocycles. The summed E-state index contributed by atoms with van der Waals surface area (Å²) in [7, 11) is 0. The Hall–Kier alpha value is -4.10. The van der Waals surface area contributed by atoms with E-state index in [4.69, 9.17) is 11.6 Å². The summed E-state index contributed by atoms with van der Waals surface area (Å²) in [6, 6.07) is 19.3. The lowest BCUT2D eigenvalue weighted by atomic mass is 10.1. The van der Waals surface area contributed by atoms with Gasteiger partial charge in [-0.3, -0.25) is 14.4 Å². The first-order valence-electron chi connectivity index (χ1n) is 10.5. The maximum atomic E-state index is 13.1. The monoisotopic (exact) mass is 472 g/mol. The van der Waals surface area contributed by atoms with Crippen molar-refractivity contribution in [2.75, 3.05) is 10.6 Å². The second kappa shape index (κ2) is 9.80. The Bertz CT molecular complexity index is 1440. The highest BCUT2D eigenvalue weighted by Crippen LogP contribution is 2.21. The topological polar surface area (TPSA) is 101 Å². The molecule has 2 N–H and O–H groups in total. The van der Waals surface area contributed by atoms with Crippen molar-refractivity contribution in [1.82, 2.24) is 9.97 Å². The van der Waals surface area contributed by atoms with Crippen LogP contribution in [0.15, 0.2) is 66.7 Å². The van der Waals surface area contributed by atoms with Gasteiger partial charge in [-0.15, -0.1) is 0 Å². The van der Waals surface area contributed by atoms with Crippen LogP contribution < -0.4 is 10.6 Å². The molecule has 0 aliphatic carbocycles. The summed E-state index contributed by atoms with van der Waals surface area (Å²) >= 11 is 5.95. The molecule has 2 amide bonds. The number of hydrogen-bond donors (Lipinski definition) is 2. The van der Waals surface area contributed by atoms with Crippen LogP contribution in [0.1, 0.15) is 27.3 Å². The summed E-state index contributed by atoms with van der Waals surface area (Å²) in [5.41, 5.74) is 3.84. The molecule has 0 spiro atoms. The van der Waals surface area contributed by atoms with Gasteiger partial charge in [0.2, 0.25) is 5.78 Å². The molecule has 0 bridgehead atoms.